The highest BCUT2D eigenvalue weighted by Crippen LogP contribution is 2.26. The molecule has 1 amide bonds. The minimum absolute atomic E-state index is 0.176. The Morgan fingerprint density at radius 2 is 2.05 bits per heavy atom. The Balaban J connectivity index is 1.72. The van der Waals surface area contributed by atoms with Crippen molar-refractivity contribution in [3.05, 3.63) is 29.3 Å². The van der Waals surface area contributed by atoms with Crippen molar-refractivity contribution in [1.82, 2.24) is 5.32 Å². The maximum atomic E-state index is 12.3. The fourth-order valence-corrected chi connectivity index (χ4v) is 3.28. The van der Waals surface area contributed by atoms with Gasteiger partial charge in [-0.25, -0.2) is 0 Å². The molecule has 3 rings (SSSR count). The number of carboxylic acid groups (broad SMARTS) is 1. The van der Waals surface area contributed by atoms with Crippen LogP contribution in [0.5, 0.6) is 0 Å². The Morgan fingerprint density at radius 3 is 2.86 bits per heavy atom. The van der Waals surface area contributed by atoms with Crippen molar-refractivity contribution >= 4 is 17.6 Å². The van der Waals surface area contributed by atoms with Crippen LogP contribution in [0.2, 0.25) is 0 Å². The molecule has 3 N–H and O–H groups in total. The van der Waals surface area contributed by atoms with E-state index in [1.54, 1.807) is 0 Å². The molecule has 0 radical (unpaired) electrons. The molecule has 5 heteroatoms. The van der Waals surface area contributed by atoms with Gasteiger partial charge in [0.2, 0.25) is 0 Å². The van der Waals surface area contributed by atoms with Gasteiger partial charge in [-0.05, 0) is 37.0 Å². The van der Waals surface area contributed by atoms with Gasteiger partial charge >= 0.3 is 5.97 Å². The fourth-order valence-electron chi connectivity index (χ4n) is 3.28. The van der Waals surface area contributed by atoms with Crippen LogP contribution in [0.1, 0.15) is 41.6 Å². The van der Waals surface area contributed by atoms with Crippen LogP contribution in [0.3, 0.4) is 0 Å². The summed E-state index contributed by atoms with van der Waals surface area (Å²) >= 11 is 0. The summed E-state index contributed by atoms with van der Waals surface area (Å²) in [5, 5.41) is 15.4. The van der Waals surface area contributed by atoms with Crippen LogP contribution in [-0.4, -0.2) is 29.6 Å². The first-order valence-corrected chi connectivity index (χ1v) is 7.55. The number of hydrogen-bond acceptors (Lipinski definition) is 3. The Bertz CT molecular complexity index is 571. The molecule has 1 aliphatic heterocycles. The number of aliphatic carboxylic acids is 1. The zero-order valence-electron chi connectivity index (χ0n) is 11.9. The summed E-state index contributed by atoms with van der Waals surface area (Å²) in [7, 11) is 0. The molecule has 1 aromatic rings. The lowest BCUT2D eigenvalue weighted by atomic mass is 9.84. The molecule has 0 saturated heterocycles. The number of carbonyl (C=O) groups is 2. The number of anilines is 1. The molecule has 2 aliphatic rings. The molecule has 1 aliphatic carbocycles. The molecule has 1 saturated carbocycles. The topological polar surface area (TPSA) is 78.4 Å². The van der Waals surface area contributed by atoms with E-state index in [0.717, 1.165) is 37.9 Å². The van der Waals surface area contributed by atoms with Crippen molar-refractivity contribution in [2.75, 3.05) is 11.9 Å². The van der Waals surface area contributed by atoms with Gasteiger partial charge < -0.3 is 15.7 Å². The van der Waals surface area contributed by atoms with E-state index in [9.17, 15) is 14.7 Å². The summed E-state index contributed by atoms with van der Waals surface area (Å²) < 4.78 is 0. The van der Waals surface area contributed by atoms with Crippen LogP contribution in [-0.2, 0) is 11.2 Å². The van der Waals surface area contributed by atoms with Crippen LogP contribution in [0, 0.1) is 5.92 Å². The van der Waals surface area contributed by atoms with Gasteiger partial charge in [0.1, 0.15) is 0 Å². The number of carboxylic acids is 1. The number of benzene rings is 1. The maximum absolute atomic E-state index is 12.3. The second-order valence-corrected chi connectivity index (χ2v) is 5.86. The van der Waals surface area contributed by atoms with Crippen molar-refractivity contribution < 1.29 is 14.7 Å². The lowest BCUT2D eigenvalue weighted by Crippen LogP contribution is -2.45. The quantitative estimate of drug-likeness (QED) is 0.795. The third-order valence-electron chi connectivity index (χ3n) is 4.48. The Morgan fingerprint density at radius 1 is 1.24 bits per heavy atom. The fraction of sp³-hybridized carbons (Fsp3) is 0.500. The minimum atomic E-state index is -0.810. The van der Waals surface area contributed by atoms with Crippen LogP contribution < -0.4 is 10.6 Å². The van der Waals surface area contributed by atoms with E-state index >= 15 is 0 Å². The predicted molar refractivity (Wildman–Crippen MR) is 79.5 cm³/mol. The molecule has 1 fully saturated rings. The van der Waals surface area contributed by atoms with Gasteiger partial charge in [0, 0.05) is 23.8 Å². The molecule has 112 valence electrons. The SMILES string of the molecule is O=C(NC1CCCCC1C(=O)O)c1ccc2c(c1)NCC2. The molecule has 0 bridgehead atoms. The normalized spacial score (nSPS) is 24.0. The molecule has 2 atom stereocenters. The Labute approximate surface area is 123 Å². The average molecular weight is 288 g/mol. The van der Waals surface area contributed by atoms with E-state index in [4.69, 9.17) is 0 Å². The molecule has 2 unspecified atom stereocenters. The zero-order chi connectivity index (χ0) is 14.8. The average Bonchev–Trinajstić information content (AvgIpc) is 2.94. The first-order valence-electron chi connectivity index (χ1n) is 7.55. The smallest absolute Gasteiger partial charge is 0.308 e. The third-order valence-corrected chi connectivity index (χ3v) is 4.48. The summed E-state index contributed by atoms with van der Waals surface area (Å²) in [6.45, 7) is 0.907. The molecular weight excluding hydrogens is 268 g/mol. The van der Waals surface area contributed by atoms with Gasteiger partial charge in [-0.15, -0.1) is 0 Å². The highest BCUT2D eigenvalue weighted by Gasteiger charge is 2.32. The first-order chi connectivity index (χ1) is 10.1. The largest absolute Gasteiger partial charge is 0.481 e. The Kier molecular flexibility index (Phi) is 3.82. The molecule has 21 heavy (non-hydrogen) atoms. The summed E-state index contributed by atoms with van der Waals surface area (Å²) in [6.07, 6.45) is 4.27. The van der Waals surface area contributed by atoms with Gasteiger partial charge in [0.25, 0.3) is 5.91 Å². The predicted octanol–water partition coefficient (Wildman–Crippen LogP) is 2.03. The van der Waals surface area contributed by atoms with E-state index < -0.39 is 11.9 Å². The summed E-state index contributed by atoms with van der Waals surface area (Å²) in [5.74, 6) is -1.45. The minimum Gasteiger partial charge on any atom is -0.481 e. The van der Waals surface area contributed by atoms with Crippen molar-refractivity contribution in [3.63, 3.8) is 0 Å². The second-order valence-electron chi connectivity index (χ2n) is 5.86. The van der Waals surface area contributed by atoms with Crippen molar-refractivity contribution in [2.45, 2.75) is 38.1 Å². The standard InChI is InChI=1S/C16H20N2O3/c19-15(11-6-5-10-7-8-17-14(10)9-11)18-13-4-2-1-3-12(13)16(20)21/h5-6,9,12-13,17H,1-4,7-8H2,(H,18,19)(H,20,21). The molecular formula is C16H20N2O3. The Hall–Kier alpha value is -2.04. The van der Waals surface area contributed by atoms with E-state index in [2.05, 4.69) is 10.6 Å². The molecule has 1 heterocycles. The number of hydrogen-bond donors (Lipinski definition) is 3. The van der Waals surface area contributed by atoms with Gasteiger partial charge in [0.15, 0.2) is 0 Å². The number of rotatable bonds is 3. The summed E-state index contributed by atoms with van der Waals surface area (Å²) in [4.78, 5) is 23.6. The second kappa shape index (κ2) is 5.76. The lowest BCUT2D eigenvalue weighted by Gasteiger charge is -2.29. The maximum Gasteiger partial charge on any atom is 0.308 e. The third kappa shape index (κ3) is 2.86. The van der Waals surface area contributed by atoms with Gasteiger partial charge in [-0.2, -0.15) is 0 Å². The van der Waals surface area contributed by atoms with E-state index in [1.165, 1.54) is 5.56 Å². The molecule has 0 aromatic heterocycles. The van der Waals surface area contributed by atoms with Crippen LogP contribution >= 0.6 is 0 Å². The van der Waals surface area contributed by atoms with Gasteiger partial charge in [0.05, 0.1) is 5.92 Å². The van der Waals surface area contributed by atoms with Crippen molar-refractivity contribution in [3.8, 4) is 0 Å². The zero-order valence-corrected chi connectivity index (χ0v) is 11.9. The van der Waals surface area contributed by atoms with Crippen molar-refractivity contribution in [2.24, 2.45) is 5.92 Å². The number of amides is 1. The number of nitrogens with one attached hydrogen (secondary N) is 2. The first kappa shape index (κ1) is 13.9. The molecule has 1 aromatic carbocycles. The summed E-state index contributed by atoms with van der Waals surface area (Å²) in [6, 6.07) is 5.39. The van der Waals surface area contributed by atoms with Crippen LogP contribution in [0.15, 0.2) is 18.2 Å². The van der Waals surface area contributed by atoms with E-state index in [-0.39, 0.29) is 11.9 Å². The van der Waals surface area contributed by atoms with Gasteiger partial charge in [-0.3, -0.25) is 9.59 Å². The van der Waals surface area contributed by atoms with Crippen molar-refractivity contribution in [1.29, 1.82) is 0 Å². The molecule has 5 nitrogen and oxygen atoms in total. The van der Waals surface area contributed by atoms with E-state index in [1.807, 2.05) is 18.2 Å². The summed E-state index contributed by atoms with van der Waals surface area (Å²) in [5.41, 5.74) is 2.84. The van der Waals surface area contributed by atoms with Crippen LogP contribution in [0.25, 0.3) is 0 Å². The highest BCUT2D eigenvalue weighted by molar-refractivity contribution is 5.96. The van der Waals surface area contributed by atoms with Gasteiger partial charge in [-0.1, -0.05) is 18.9 Å². The van der Waals surface area contributed by atoms with Crippen LogP contribution in [0.4, 0.5) is 5.69 Å². The molecule has 0 spiro atoms. The lowest BCUT2D eigenvalue weighted by molar-refractivity contribution is -0.143. The highest BCUT2D eigenvalue weighted by atomic mass is 16.4. The monoisotopic (exact) mass is 288 g/mol. The van der Waals surface area contributed by atoms with E-state index in [0.29, 0.717) is 12.0 Å². The number of carbonyl (C=O) groups excluding carboxylic acids is 1. The number of fused-ring (bicyclic) bond motifs is 1.